The van der Waals surface area contributed by atoms with Crippen molar-refractivity contribution < 1.29 is 9.90 Å². The van der Waals surface area contributed by atoms with Gasteiger partial charge in [0.25, 0.3) is 0 Å². The maximum Gasteiger partial charge on any atom is 0.320 e. The zero-order chi connectivity index (χ0) is 8.97. The van der Waals surface area contributed by atoms with Crippen molar-refractivity contribution in [1.29, 1.82) is 0 Å². The Morgan fingerprint density at radius 2 is 2.38 bits per heavy atom. The van der Waals surface area contributed by atoms with Gasteiger partial charge in [-0.1, -0.05) is 5.21 Å². The summed E-state index contributed by atoms with van der Waals surface area (Å²) in [5.41, 5.74) is 5.25. The van der Waals surface area contributed by atoms with Gasteiger partial charge < -0.3 is 10.8 Å². The number of nitrogens with two attached hydrogens (primary N) is 1. The number of hydrogen-bond acceptors (Lipinski definition) is 5. The minimum Gasteiger partial charge on any atom is -0.480 e. The molecule has 0 spiro atoms. The van der Waals surface area contributed by atoms with E-state index in [0.29, 0.717) is 18.7 Å². The third-order valence-electron chi connectivity index (χ3n) is 1.39. The van der Waals surface area contributed by atoms with Crippen LogP contribution >= 0.6 is 12.4 Å². The number of carbonyl (C=O) groups is 1. The lowest BCUT2D eigenvalue weighted by Crippen LogP contribution is -2.30. The minimum atomic E-state index is -1.02. The van der Waals surface area contributed by atoms with Crippen molar-refractivity contribution >= 4 is 18.4 Å². The standard InChI is InChI=1S/C5H9N5O2.ClH/c6-3(5(11)12)1-2-4-7-9-10-8-4;/h3H,1-2,6H2,(H,11,12)(H,7,8,9,10);1H. The van der Waals surface area contributed by atoms with Crippen molar-refractivity contribution in [1.82, 2.24) is 20.6 Å². The molecule has 0 aromatic carbocycles. The van der Waals surface area contributed by atoms with Crippen LogP contribution in [0.4, 0.5) is 0 Å². The quantitative estimate of drug-likeness (QED) is 0.581. The number of carboxylic acids is 1. The molecule has 1 atom stereocenters. The smallest absolute Gasteiger partial charge is 0.320 e. The van der Waals surface area contributed by atoms with Crippen molar-refractivity contribution in [3.05, 3.63) is 5.82 Å². The van der Waals surface area contributed by atoms with Crippen molar-refractivity contribution in [2.75, 3.05) is 0 Å². The molecule has 0 radical (unpaired) electrons. The molecule has 0 aliphatic rings. The molecule has 0 amide bonds. The number of aliphatic carboxylic acids is 1. The van der Waals surface area contributed by atoms with Gasteiger partial charge >= 0.3 is 5.97 Å². The zero-order valence-corrected chi connectivity index (χ0v) is 7.49. The van der Waals surface area contributed by atoms with Gasteiger partial charge in [-0.3, -0.25) is 4.79 Å². The highest BCUT2D eigenvalue weighted by molar-refractivity contribution is 5.85. The first-order valence-electron chi connectivity index (χ1n) is 3.41. The number of nitrogens with one attached hydrogen (secondary N) is 1. The van der Waals surface area contributed by atoms with E-state index >= 15 is 0 Å². The molecule has 1 unspecified atom stereocenters. The van der Waals surface area contributed by atoms with E-state index in [1.165, 1.54) is 0 Å². The van der Waals surface area contributed by atoms with Gasteiger partial charge in [0, 0.05) is 6.42 Å². The average Bonchev–Trinajstić information content (AvgIpc) is 2.51. The first-order valence-corrected chi connectivity index (χ1v) is 3.41. The molecule has 1 aromatic rings. The highest BCUT2D eigenvalue weighted by atomic mass is 35.5. The lowest BCUT2D eigenvalue weighted by Gasteiger charge is -2.01. The van der Waals surface area contributed by atoms with Crippen LogP contribution in [0.2, 0.25) is 0 Å². The van der Waals surface area contributed by atoms with E-state index in [1.54, 1.807) is 0 Å². The Bertz CT molecular complexity index is 251. The first kappa shape index (κ1) is 11.8. The lowest BCUT2D eigenvalue weighted by molar-refractivity contribution is -0.138. The zero-order valence-electron chi connectivity index (χ0n) is 6.67. The number of nitrogens with zero attached hydrogens (tertiary/aromatic N) is 3. The van der Waals surface area contributed by atoms with Crippen molar-refractivity contribution in [2.24, 2.45) is 5.73 Å². The number of aromatic amines is 1. The van der Waals surface area contributed by atoms with Gasteiger partial charge in [-0.2, -0.15) is 5.21 Å². The Labute approximate surface area is 80.1 Å². The van der Waals surface area contributed by atoms with Crippen LogP contribution in [0.1, 0.15) is 12.2 Å². The molecule has 0 bridgehead atoms. The van der Waals surface area contributed by atoms with Gasteiger partial charge in [0.1, 0.15) is 6.04 Å². The summed E-state index contributed by atoms with van der Waals surface area (Å²) in [6, 6.07) is -0.858. The number of rotatable bonds is 4. The van der Waals surface area contributed by atoms with Crippen LogP contribution in [0.15, 0.2) is 0 Å². The number of tetrazole rings is 1. The van der Waals surface area contributed by atoms with Crippen LogP contribution < -0.4 is 5.73 Å². The summed E-state index contributed by atoms with van der Waals surface area (Å²) in [4.78, 5) is 10.3. The Morgan fingerprint density at radius 3 is 2.85 bits per heavy atom. The van der Waals surface area contributed by atoms with Crippen molar-refractivity contribution in [2.45, 2.75) is 18.9 Å². The molecule has 0 aliphatic heterocycles. The Kier molecular flexibility index (Phi) is 4.93. The summed E-state index contributed by atoms with van der Waals surface area (Å²) in [6.07, 6.45) is 0.735. The van der Waals surface area contributed by atoms with Crippen LogP contribution in [0.25, 0.3) is 0 Å². The molecular formula is C5H10ClN5O2. The van der Waals surface area contributed by atoms with E-state index in [-0.39, 0.29) is 12.4 Å². The second kappa shape index (κ2) is 5.44. The largest absolute Gasteiger partial charge is 0.480 e. The van der Waals surface area contributed by atoms with Gasteiger partial charge in [-0.15, -0.1) is 22.6 Å². The van der Waals surface area contributed by atoms with E-state index < -0.39 is 12.0 Å². The van der Waals surface area contributed by atoms with Crippen LogP contribution in [-0.2, 0) is 11.2 Å². The number of aromatic nitrogens is 4. The van der Waals surface area contributed by atoms with Gasteiger partial charge in [-0.05, 0) is 6.42 Å². The summed E-state index contributed by atoms with van der Waals surface area (Å²) in [5, 5.41) is 21.3. The van der Waals surface area contributed by atoms with E-state index in [0.717, 1.165) is 0 Å². The molecule has 1 heterocycles. The van der Waals surface area contributed by atoms with E-state index in [1.807, 2.05) is 0 Å². The molecular weight excluding hydrogens is 198 g/mol. The van der Waals surface area contributed by atoms with Crippen LogP contribution in [-0.4, -0.2) is 37.7 Å². The van der Waals surface area contributed by atoms with Gasteiger partial charge in [0.15, 0.2) is 5.82 Å². The van der Waals surface area contributed by atoms with E-state index in [9.17, 15) is 4.79 Å². The number of aryl methyl sites for hydroxylation is 1. The van der Waals surface area contributed by atoms with E-state index in [2.05, 4.69) is 20.6 Å². The molecule has 0 saturated carbocycles. The van der Waals surface area contributed by atoms with Gasteiger partial charge in [0.2, 0.25) is 0 Å². The SMILES string of the molecule is Cl.NC(CCc1nn[nH]n1)C(=O)O. The number of H-pyrrole nitrogens is 1. The van der Waals surface area contributed by atoms with Gasteiger partial charge in [-0.25, -0.2) is 0 Å². The Balaban J connectivity index is 0.00000144. The molecule has 1 rings (SSSR count). The van der Waals surface area contributed by atoms with Crippen molar-refractivity contribution in [3.8, 4) is 0 Å². The normalized spacial score (nSPS) is 11.8. The van der Waals surface area contributed by atoms with Crippen LogP contribution in [0.3, 0.4) is 0 Å². The monoisotopic (exact) mass is 207 g/mol. The molecule has 0 saturated heterocycles. The van der Waals surface area contributed by atoms with Gasteiger partial charge in [0.05, 0.1) is 0 Å². The first-order chi connectivity index (χ1) is 5.70. The molecule has 1 aromatic heterocycles. The number of hydrogen-bond donors (Lipinski definition) is 3. The molecule has 7 nitrogen and oxygen atoms in total. The molecule has 0 fully saturated rings. The second-order valence-electron chi connectivity index (χ2n) is 2.31. The third kappa shape index (κ3) is 3.81. The summed E-state index contributed by atoms with van der Waals surface area (Å²) in [5.74, 6) is -0.537. The second-order valence-corrected chi connectivity index (χ2v) is 2.31. The fourth-order valence-electron chi connectivity index (χ4n) is 0.696. The summed E-state index contributed by atoms with van der Waals surface area (Å²) < 4.78 is 0. The minimum absolute atomic E-state index is 0. The maximum absolute atomic E-state index is 10.3. The molecule has 4 N–H and O–H groups in total. The fraction of sp³-hybridized carbons (Fsp3) is 0.600. The highest BCUT2D eigenvalue weighted by Crippen LogP contribution is 1.95. The number of carboxylic acid groups (broad SMARTS) is 1. The molecule has 13 heavy (non-hydrogen) atoms. The lowest BCUT2D eigenvalue weighted by atomic mass is 10.2. The topological polar surface area (TPSA) is 118 Å². The summed E-state index contributed by atoms with van der Waals surface area (Å²) >= 11 is 0. The highest BCUT2D eigenvalue weighted by Gasteiger charge is 2.11. The Morgan fingerprint density at radius 1 is 1.69 bits per heavy atom. The Hall–Kier alpha value is -1.21. The molecule has 74 valence electrons. The molecule has 0 aliphatic carbocycles. The van der Waals surface area contributed by atoms with E-state index in [4.69, 9.17) is 10.8 Å². The maximum atomic E-state index is 10.3. The molecule has 8 heteroatoms. The van der Waals surface area contributed by atoms with Crippen molar-refractivity contribution in [3.63, 3.8) is 0 Å². The van der Waals surface area contributed by atoms with Crippen LogP contribution in [0, 0.1) is 0 Å². The number of halogens is 1. The summed E-state index contributed by atoms with van der Waals surface area (Å²) in [7, 11) is 0. The predicted molar refractivity (Wildman–Crippen MR) is 45.4 cm³/mol. The fourth-order valence-corrected chi connectivity index (χ4v) is 0.696. The average molecular weight is 208 g/mol. The summed E-state index contributed by atoms with van der Waals surface area (Å²) in [6.45, 7) is 0. The van der Waals surface area contributed by atoms with Crippen LogP contribution in [0.5, 0.6) is 0 Å². The predicted octanol–water partition coefficient (Wildman–Crippen LogP) is -1.03. The third-order valence-corrected chi connectivity index (χ3v) is 1.39.